The second kappa shape index (κ2) is 6.14. The van der Waals surface area contributed by atoms with Crippen LogP contribution in [0.25, 0.3) is 0 Å². The van der Waals surface area contributed by atoms with Crippen molar-refractivity contribution in [2.24, 2.45) is 0 Å². The van der Waals surface area contributed by atoms with E-state index >= 15 is 0 Å². The van der Waals surface area contributed by atoms with Gasteiger partial charge >= 0.3 is 0 Å². The molecule has 12 heavy (non-hydrogen) atoms. The Labute approximate surface area is 74.0 Å². The molecule has 72 valence electrons. The van der Waals surface area contributed by atoms with Crippen molar-refractivity contribution in [2.45, 2.75) is 19.9 Å². The molecule has 0 aromatic carbocycles. The SMILES string of the molecule is COC/C(=C/F)CN(C)C(C)C. The molecule has 0 N–H and O–H groups in total. The molecule has 0 saturated heterocycles. The Bertz CT molecular complexity index is 145. The molecule has 2 nitrogen and oxygen atoms in total. The minimum Gasteiger partial charge on any atom is -0.380 e. The second-order valence-electron chi connectivity index (χ2n) is 3.21. The lowest BCUT2D eigenvalue weighted by molar-refractivity contribution is 0.207. The first-order valence-electron chi connectivity index (χ1n) is 4.09. The first kappa shape index (κ1) is 11.6. The van der Waals surface area contributed by atoms with Gasteiger partial charge in [-0.15, -0.1) is 0 Å². The van der Waals surface area contributed by atoms with Crippen LogP contribution in [0.1, 0.15) is 13.8 Å². The largest absolute Gasteiger partial charge is 0.380 e. The molecule has 0 aliphatic carbocycles. The van der Waals surface area contributed by atoms with Gasteiger partial charge < -0.3 is 4.74 Å². The van der Waals surface area contributed by atoms with Crippen LogP contribution in [0, 0.1) is 0 Å². The number of methoxy groups -OCH3 is 1. The molecule has 0 aromatic rings. The Kier molecular flexibility index (Phi) is 5.93. The highest BCUT2D eigenvalue weighted by Gasteiger charge is 2.05. The van der Waals surface area contributed by atoms with Crippen LogP contribution in [0.3, 0.4) is 0 Å². The summed E-state index contributed by atoms with van der Waals surface area (Å²) in [6.45, 7) is 5.14. The Morgan fingerprint density at radius 3 is 2.50 bits per heavy atom. The van der Waals surface area contributed by atoms with Crippen molar-refractivity contribution in [1.29, 1.82) is 0 Å². The molecule has 0 aliphatic heterocycles. The second-order valence-corrected chi connectivity index (χ2v) is 3.21. The third kappa shape index (κ3) is 4.46. The van der Waals surface area contributed by atoms with E-state index in [-0.39, 0.29) is 0 Å². The van der Waals surface area contributed by atoms with Gasteiger partial charge in [0.15, 0.2) is 0 Å². The molecule has 0 spiro atoms. The zero-order valence-corrected chi connectivity index (χ0v) is 8.30. The molecule has 0 fully saturated rings. The highest BCUT2D eigenvalue weighted by molar-refractivity contribution is 5.00. The van der Waals surface area contributed by atoms with Gasteiger partial charge in [-0.1, -0.05) is 0 Å². The molecular formula is C9H18FNO. The lowest BCUT2D eigenvalue weighted by Gasteiger charge is -2.21. The number of rotatable bonds is 5. The minimum atomic E-state index is 0.369. The van der Waals surface area contributed by atoms with Crippen molar-refractivity contribution >= 4 is 0 Å². The number of ether oxygens (including phenoxy) is 1. The molecule has 0 heterocycles. The Morgan fingerprint density at radius 2 is 2.17 bits per heavy atom. The number of likely N-dealkylation sites (N-methyl/N-ethyl adjacent to an activating group) is 1. The summed E-state index contributed by atoms with van der Waals surface area (Å²) in [6.07, 6.45) is 0.627. The van der Waals surface area contributed by atoms with Crippen molar-refractivity contribution in [3.8, 4) is 0 Å². The Balaban J connectivity index is 3.86. The standard InChI is InChI=1S/C9H18FNO/c1-8(2)11(3)6-9(5-10)7-12-4/h5,8H,6-7H2,1-4H3/b9-5+. The van der Waals surface area contributed by atoms with E-state index in [1.54, 1.807) is 7.11 Å². The molecule has 0 aliphatic rings. The van der Waals surface area contributed by atoms with E-state index in [4.69, 9.17) is 4.74 Å². The van der Waals surface area contributed by atoms with Gasteiger partial charge in [0.1, 0.15) is 0 Å². The maximum Gasteiger partial charge on any atom is 0.0894 e. The number of hydrogen-bond acceptors (Lipinski definition) is 2. The van der Waals surface area contributed by atoms with Gasteiger partial charge in [0, 0.05) is 19.7 Å². The maximum absolute atomic E-state index is 12.2. The quantitative estimate of drug-likeness (QED) is 0.632. The van der Waals surface area contributed by atoms with Crippen LogP contribution >= 0.6 is 0 Å². The molecule has 0 amide bonds. The summed E-state index contributed by atoms with van der Waals surface area (Å²) in [5.74, 6) is 0. The minimum absolute atomic E-state index is 0.369. The Morgan fingerprint density at radius 1 is 1.58 bits per heavy atom. The summed E-state index contributed by atoms with van der Waals surface area (Å²) in [5.41, 5.74) is 0.675. The fourth-order valence-corrected chi connectivity index (χ4v) is 0.800. The number of nitrogens with zero attached hydrogens (tertiary/aromatic N) is 1. The predicted octanol–water partition coefficient (Wildman–Crippen LogP) is 1.83. The Hall–Kier alpha value is -0.410. The molecule has 0 bridgehead atoms. The number of halogens is 1. The predicted molar refractivity (Wildman–Crippen MR) is 48.8 cm³/mol. The summed E-state index contributed by atoms with van der Waals surface area (Å²) >= 11 is 0. The van der Waals surface area contributed by atoms with Crippen LogP contribution in [0.2, 0.25) is 0 Å². The van der Waals surface area contributed by atoms with Crippen LogP contribution in [0.15, 0.2) is 11.9 Å². The third-order valence-electron chi connectivity index (χ3n) is 1.82. The molecule has 0 unspecified atom stereocenters. The lowest BCUT2D eigenvalue weighted by atomic mass is 10.2. The van der Waals surface area contributed by atoms with E-state index in [2.05, 4.69) is 18.7 Å². The van der Waals surface area contributed by atoms with Gasteiger partial charge in [0.25, 0.3) is 0 Å². The van der Waals surface area contributed by atoms with Gasteiger partial charge in [-0.05, 0) is 26.5 Å². The average molecular weight is 175 g/mol. The average Bonchev–Trinajstić information content (AvgIpc) is 2.03. The van der Waals surface area contributed by atoms with Crippen LogP contribution in [-0.2, 0) is 4.74 Å². The van der Waals surface area contributed by atoms with E-state index in [1.165, 1.54) is 0 Å². The van der Waals surface area contributed by atoms with Gasteiger partial charge in [-0.2, -0.15) is 0 Å². The summed E-state index contributed by atoms with van der Waals surface area (Å²) in [7, 11) is 3.53. The zero-order chi connectivity index (χ0) is 9.56. The van der Waals surface area contributed by atoms with Crippen molar-refractivity contribution < 1.29 is 9.13 Å². The van der Waals surface area contributed by atoms with E-state index in [9.17, 15) is 4.39 Å². The molecule has 0 rings (SSSR count). The van der Waals surface area contributed by atoms with Crippen LogP contribution < -0.4 is 0 Å². The summed E-state index contributed by atoms with van der Waals surface area (Å²) in [4.78, 5) is 2.06. The summed E-state index contributed by atoms with van der Waals surface area (Å²) < 4.78 is 17.0. The molecule has 3 heteroatoms. The third-order valence-corrected chi connectivity index (χ3v) is 1.82. The summed E-state index contributed by atoms with van der Waals surface area (Å²) in [6, 6.07) is 0.428. The molecule has 0 saturated carbocycles. The molecule has 0 aromatic heterocycles. The molecule has 0 atom stereocenters. The van der Waals surface area contributed by atoms with Crippen LogP contribution in [-0.4, -0.2) is 38.3 Å². The van der Waals surface area contributed by atoms with Crippen molar-refractivity contribution in [2.75, 3.05) is 27.3 Å². The van der Waals surface area contributed by atoms with Crippen molar-refractivity contribution in [3.63, 3.8) is 0 Å². The summed E-state index contributed by atoms with van der Waals surface area (Å²) in [5, 5.41) is 0. The molecule has 0 radical (unpaired) electrons. The smallest absolute Gasteiger partial charge is 0.0894 e. The highest BCUT2D eigenvalue weighted by atomic mass is 19.1. The van der Waals surface area contributed by atoms with Gasteiger partial charge in [0.2, 0.25) is 0 Å². The first-order valence-corrected chi connectivity index (χ1v) is 4.09. The van der Waals surface area contributed by atoms with E-state index < -0.39 is 0 Å². The zero-order valence-electron chi connectivity index (χ0n) is 8.30. The number of hydrogen-bond donors (Lipinski definition) is 0. The van der Waals surface area contributed by atoms with Crippen molar-refractivity contribution in [3.05, 3.63) is 11.9 Å². The fraction of sp³-hybridized carbons (Fsp3) is 0.778. The highest BCUT2D eigenvalue weighted by Crippen LogP contribution is 2.02. The first-order chi connectivity index (χ1) is 5.61. The van der Waals surface area contributed by atoms with Crippen LogP contribution in [0.5, 0.6) is 0 Å². The van der Waals surface area contributed by atoms with E-state index in [1.807, 2.05) is 7.05 Å². The molecular weight excluding hydrogens is 157 g/mol. The van der Waals surface area contributed by atoms with E-state index in [0.29, 0.717) is 31.1 Å². The van der Waals surface area contributed by atoms with Crippen molar-refractivity contribution in [1.82, 2.24) is 4.90 Å². The topological polar surface area (TPSA) is 12.5 Å². The maximum atomic E-state index is 12.2. The lowest BCUT2D eigenvalue weighted by Crippen LogP contribution is -2.29. The van der Waals surface area contributed by atoms with Crippen LogP contribution in [0.4, 0.5) is 4.39 Å². The monoisotopic (exact) mass is 175 g/mol. The van der Waals surface area contributed by atoms with Gasteiger partial charge in [-0.3, -0.25) is 4.90 Å². The normalized spacial score (nSPS) is 13.1. The van der Waals surface area contributed by atoms with Gasteiger partial charge in [0.05, 0.1) is 12.9 Å². The van der Waals surface area contributed by atoms with E-state index in [0.717, 1.165) is 0 Å². The van der Waals surface area contributed by atoms with Gasteiger partial charge in [-0.25, -0.2) is 4.39 Å². The fourth-order valence-electron chi connectivity index (χ4n) is 0.800.